The normalized spacial score (nSPS) is 19.2. The molecule has 0 bridgehead atoms. The van der Waals surface area contributed by atoms with Crippen molar-refractivity contribution in [1.82, 2.24) is 10.2 Å². The van der Waals surface area contributed by atoms with Crippen molar-refractivity contribution >= 4 is 24.1 Å². The molecule has 0 aliphatic carbocycles. The Labute approximate surface area is 130 Å². The molecule has 0 aromatic heterocycles. The fourth-order valence-corrected chi connectivity index (χ4v) is 2.45. The molecule has 1 amide bonds. The molecule has 22 heavy (non-hydrogen) atoms. The lowest BCUT2D eigenvalue weighted by Crippen LogP contribution is -2.54. The Bertz CT molecular complexity index is 542. The van der Waals surface area contributed by atoms with E-state index in [0.29, 0.717) is 6.54 Å². The van der Waals surface area contributed by atoms with Crippen LogP contribution in [0.5, 0.6) is 0 Å². The molecule has 1 saturated heterocycles. The van der Waals surface area contributed by atoms with Crippen LogP contribution in [0.3, 0.4) is 0 Å². The lowest BCUT2D eigenvalue weighted by atomic mass is 10.1. The highest BCUT2D eigenvalue weighted by Gasteiger charge is 2.21. The fraction of sp³-hybridized carbons (Fsp3) is 0.375. The van der Waals surface area contributed by atoms with Crippen molar-refractivity contribution in [1.29, 1.82) is 0 Å². The Kier molecular flexibility index (Phi) is 5.68. The number of aliphatic carboxylic acids is 1. The van der Waals surface area contributed by atoms with Crippen molar-refractivity contribution in [3.8, 4) is 0 Å². The number of carbonyl (C=O) groups is 2. The molecule has 2 N–H and O–H groups in total. The van der Waals surface area contributed by atoms with Crippen LogP contribution in [0.1, 0.15) is 5.56 Å². The number of amides is 1. The molecule has 0 spiro atoms. The zero-order valence-electron chi connectivity index (χ0n) is 12.6. The monoisotopic (exact) mass is 303 g/mol. The first kappa shape index (κ1) is 16.2. The molecule has 1 aliphatic rings. The van der Waals surface area contributed by atoms with Gasteiger partial charge in [-0.1, -0.05) is 12.1 Å². The van der Waals surface area contributed by atoms with Crippen LogP contribution in [0.25, 0.3) is 6.08 Å². The molecule has 1 aliphatic heterocycles. The van der Waals surface area contributed by atoms with Gasteiger partial charge in [-0.25, -0.2) is 4.79 Å². The highest BCUT2D eigenvalue weighted by molar-refractivity contribution is 5.85. The van der Waals surface area contributed by atoms with Gasteiger partial charge in [0, 0.05) is 44.0 Å². The van der Waals surface area contributed by atoms with E-state index < -0.39 is 5.97 Å². The van der Waals surface area contributed by atoms with Crippen molar-refractivity contribution in [2.24, 2.45) is 0 Å². The highest BCUT2D eigenvalue weighted by Crippen LogP contribution is 2.16. The van der Waals surface area contributed by atoms with Crippen LogP contribution in [-0.4, -0.2) is 61.7 Å². The van der Waals surface area contributed by atoms with E-state index in [0.717, 1.165) is 43.4 Å². The SMILES string of the molecule is CN1CCNCC1CN(C=O)c1ccc(/C=C/C(=O)O)cc1. The Hall–Kier alpha value is -2.18. The lowest BCUT2D eigenvalue weighted by molar-refractivity contribution is -0.131. The van der Waals surface area contributed by atoms with Gasteiger partial charge in [0.2, 0.25) is 6.41 Å². The Morgan fingerprint density at radius 3 is 2.77 bits per heavy atom. The zero-order valence-corrected chi connectivity index (χ0v) is 12.6. The number of anilines is 1. The fourth-order valence-electron chi connectivity index (χ4n) is 2.45. The van der Waals surface area contributed by atoms with Gasteiger partial charge >= 0.3 is 5.97 Å². The summed E-state index contributed by atoms with van der Waals surface area (Å²) in [6, 6.07) is 7.53. The second-order valence-corrected chi connectivity index (χ2v) is 5.36. The topological polar surface area (TPSA) is 72.9 Å². The number of piperazine rings is 1. The van der Waals surface area contributed by atoms with Gasteiger partial charge in [-0.05, 0) is 30.8 Å². The summed E-state index contributed by atoms with van der Waals surface area (Å²) in [5.41, 5.74) is 1.59. The van der Waals surface area contributed by atoms with E-state index >= 15 is 0 Å². The zero-order chi connectivity index (χ0) is 15.9. The molecule has 1 fully saturated rings. The van der Waals surface area contributed by atoms with Gasteiger partial charge in [-0.2, -0.15) is 0 Å². The summed E-state index contributed by atoms with van der Waals surface area (Å²) >= 11 is 0. The molecule has 1 aromatic rings. The number of nitrogens with zero attached hydrogens (tertiary/aromatic N) is 2. The Balaban J connectivity index is 2.04. The predicted octanol–water partition coefficient (Wildman–Crippen LogP) is 0.651. The minimum Gasteiger partial charge on any atom is -0.478 e. The van der Waals surface area contributed by atoms with Crippen molar-refractivity contribution in [3.63, 3.8) is 0 Å². The molecular weight excluding hydrogens is 282 g/mol. The van der Waals surface area contributed by atoms with E-state index in [1.165, 1.54) is 6.08 Å². The Morgan fingerprint density at radius 2 is 2.18 bits per heavy atom. The van der Waals surface area contributed by atoms with Gasteiger partial charge in [-0.15, -0.1) is 0 Å². The maximum Gasteiger partial charge on any atom is 0.328 e. The Morgan fingerprint density at radius 1 is 1.45 bits per heavy atom. The van der Waals surface area contributed by atoms with Gasteiger partial charge in [0.05, 0.1) is 0 Å². The van der Waals surface area contributed by atoms with E-state index in [4.69, 9.17) is 5.11 Å². The van der Waals surface area contributed by atoms with Gasteiger partial charge in [0.1, 0.15) is 0 Å². The molecule has 1 heterocycles. The summed E-state index contributed by atoms with van der Waals surface area (Å²) in [6.45, 7) is 3.42. The number of carboxylic acids is 1. The average Bonchev–Trinajstić information content (AvgIpc) is 2.53. The maximum atomic E-state index is 11.4. The van der Waals surface area contributed by atoms with Crippen LogP contribution in [0, 0.1) is 0 Å². The summed E-state index contributed by atoms with van der Waals surface area (Å²) in [4.78, 5) is 25.8. The molecule has 2 rings (SSSR count). The van der Waals surface area contributed by atoms with Gasteiger partial charge in [0.15, 0.2) is 0 Å². The lowest BCUT2D eigenvalue weighted by Gasteiger charge is -2.35. The maximum absolute atomic E-state index is 11.4. The van der Waals surface area contributed by atoms with Crippen molar-refractivity contribution in [3.05, 3.63) is 35.9 Å². The van der Waals surface area contributed by atoms with Crippen molar-refractivity contribution in [2.45, 2.75) is 6.04 Å². The number of benzene rings is 1. The molecule has 0 saturated carbocycles. The smallest absolute Gasteiger partial charge is 0.328 e. The predicted molar refractivity (Wildman–Crippen MR) is 85.8 cm³/mol. The second-order valence-electron chi connectivity index (χ2n) is 5.36. The summed E-state index contributed by atoms with van der Waals surface area (Å²) in [5.74, 6) is -0.980. The van der Waals surface area contributed by atoms with Crippen LogP contribution >= 0.6 is 0 Å². The van der Waals surface area contributed by atoms with E-state index in [-0.39, 0.29) is 6.04 Å². The summed E-state index contributed by atoms with van der Waals surface area (Å²) in [7, 11) is 2.06. The quantitative estimate of drug-likeness (QED) is 0.596. The number of hydrogen-bond acceptors (Lipinski definition) is 4. The highest BCUT2D eigenvalue weighted by atomic mass is 16.4. The molecule has 1 atom stereocenters. The molecular formula is C16H21N3O3. The van der Waals surface area contributed by atoms with Crippen molar-refractivity contribution in [2.75, 3.05) is 38.1 Å². The third-order valence-corrected chi connectivity index (χ3v) is 3.82. The number of likely N-dealkylation sites (N-methyl/N-ethyl adjacent to an activating group) is 1. The number of carbonyl (C=O) groups excluding carboxylic acids is 1. The third kappa shape index (κ3) is 4.41. The summed E-state index contributed by atoms with van der Waals surface area (Å²) < 4.78 is 0. The molecule has 1 aromatic carbocycles. The third-order valence-electron chi connectivity index (χ3n) is 3.82. The van der Waals surface area contributed by atoms with Crippen LogP contribution < -0.4 is 10.2 Å². The number of rotatable bonds is 6. The van der Waals surface area contributed by atoms with Crippen LogP contribution in [0.15, 0.2) is 30.3 Å². The van der Waals surface area contributed by atoms with E-state index in [9.17, 15) is 9.59 Å². The molecule has 1 unspecified atom stereocenters. The molecule has 6 nitrogen and oxygen atoms in total. The largest absolute Gasteiger partial charge is 0.478 e. The second kappa shape index (κ2) is 7.72. The number of hydrogen-bond donors (Lipinski definition) is 2. The summed E-state index contributed by atoms with van der Waals surface area (Å²) in [5, 5.41) is 11.9. The summed E-state index contributed by atoms with van der Waals surface area (Å²) in [6.07, 6.45) is 3.45. The van der Waals surface area contributed by atoms with Crippen molar-refractivity contribution < 1.29 is 14.7 Å². The standard InChI is InChI=1S/C16H21N3O3/c1-18-9-8-17-10-15(18)11-19(12-20)14-5-2-13(3-6-14)4-7-16(21)22/h2-7,12,15,17H,8-11H2,1H3,(H,21,22)/b7-4+. The molecule has 0 radical (unpaired) electrons. The first-order valence-corrected chi connectivity index (χ1v) is 7.24. The minimum absolute atomic E-state index is 0.283. The van der Waals surface area contributed by atoms with Crippen LogP contribution in [-0.2, 0) is 9.59 Å². The molecule has 6 heteroatoms. The van der Waals surface area contributed by atoms with E-state index in [2.05, 4.69) is 17.3 Å². The average molecular weight is 303 g/mol. The number of nitrogens with one attached hydrogen (secondary N) is 1. The van der Waals surface area contributed by atoms with Gasteiger partial charge < -0.3 is 15.3 Å². The minimum atomic E-state index is -0.980. The van der Waals surface area contributed by atoms with E-state index in [1.807, 2.05) is 12.1 Å². The van der Waals surface area contributed by atoms with Crippen LogP contribution in [0.4, 0.5) is 5.69 Å². The first-order valence-electron chi connectivity index (χ1n) is 7.24. The van der Waals surface area contributed by atoms with Gasteiger partial charge in [0.25, 0.3) is 0 Å². The van der Waals surface area contributed by atoms with Gasteiger partial charge in [-0.3, -0.25) is 9.69 Å². The molecule has 118 valence electrons. The van der Waals surface area contributed by atoms with Crippen LogP contribution in [0.2, 0.25) is 0 Å². The number of carboxylic acid groups (broad SMARTS) is 1. The van der Waals surface area contributed by atoms with E-state index in [1.54, 1.807) is 17.0 Å². The first-order chi connectivity index (χ1) is 10.6.